The summed E-state index contributed by atoms with van der Waals surface area (Å²) < 4.78 is 0. The molecule has 88 valence electrons. The molecule has 3 rings (SSSR count). The van der Waals surface area contributed by atoms with Crippen LogP contribution in [-0.4, -0.2) is 21.0 Å². The fraction of sp³-hybridized carbons (Fsp3) is 0. The molecule has 0 aliphatic rings. The lowest BCUT2D eigenvalue weighted by molar-refractivity contribution is 0.100. The van der Waals surface area contributed by atoms with Gasteiger partial charge in [0.2, 0.25) is 0 Å². The third kappa shape index (κ3) is 1.45. The fourth-order valence-corrected chi connectivity index (χ4v) is 1.90. The Kier molecular flexibility index (Phi) is 2.13. The highest BCUT2D eigenvalue weighted by molar-refractivity contribution is 6.05. The van der Waals surface area contributed by atoms with E-state index in [1.165, 1.54) is 0 Å². The number of benzene rings is 2. The van der Waals surface area contributed by atoms with Crippen LogP contribution in [0.1, 0.15) is 10.4 Å². The number of hydrogen-bond acceptors (Lipinski definition) is 4. The average molecular weight is 239 g/mol. The summed E-state index contributed by atoms with van der Waals surface area (Å²) >= 11 is 0. The second kappa shape index (κ2) is 3.66. The lowest BCUT2D eigenvalue weighted by atomic mass is 10.1. The maximum absolute atomic E-state index is 11.3. The molecular weight excluding hydrogens is 230 g/mol. The van der Waals surface area contributed by atoms with Crippen LogP contribution < -0.4 is 5.73 Å². The van der Waals surface area contributed by atoms with Gasteiger partial charge in [-0.15, -0.1) is 0 Å². The van der Waals surface area contributed by atoms with Gasteiger partial charge in [0.15, 0.2) is 0 Å². The van der Waals surface area contributed by atoms with Crippen LogP contribution >= 0.6 is 0 Å². The van der Waals surface area contributed by atoms with Gasteiger partial charge in [-0.05, 0) is 24.3 Å². The zero-order chi connectivity index (χ0) is 12.7. The Labute approximate surface area is 102 Å². The summed E-state index contributed by atoms with van der Waals surface area (Å²) in [6, 6.07) is 9.95. The Morgan fingerprint density at radius 3 is 2.33 bits per heavy atom. The summed E-state index contributed by atoms with van der Waals surface area (Å²) in [5.41, 5.74) is 7.53. The number of phenols is 1. The first kappa shape index (κ1) is 10.5. The van der Waals surface area contributed by atoms with E-state index in [0.717, 1.165) is 0 Å². The Hall–Kier alpha value is -2.69. The molecule has 0 aliphatic heterocycles. The number of hydrogen-bond donors (Lipinski definition) is 2. The van der Waals surface area contributed by atoms with Crippen molar-refractivity contribution in [3.63, 3.8) is 0 Å². The number of amides is 1. The lowest BCUT2D eigenvalue weighted by Crippen LogP contribution is -2.12. The Morgan fingerprint density at radius 1 is 1.00 bits per heavy atom. The van der Waals surface area contributed by atoms with Gasteiger partial charge in [0.25, 0.3) is 5.91 Å². The molecule has 1 amide bonds. The SMILES string of the molecule is NC(=O)c1cccc2nc3c(O)cccc3nc12. The van der Waals surface area contributed by atoms with Crippen molar-refractivity contribution in [2.45, 2.75) is 0 Å². The molecule has 0 aliphatic carbocycles. The van der Waals surface area contributed by atoms with Crippen molar-refractivity contribution in [3.05, 3.63) is 42.0 Å². The van der Waals surface area contributed by atoms with Crippen molar-refractivity contribution in [3.8, 4) is 5.75 Å². The van der Waals surface area contributed by atoms with E-state index >= 15 is 0 Å². The minimum absolute atomic E-state index is 0.0615. The van der Waals surface area contributed by atoms with Crippen LogP contribution in [0, 0.1) is 0 Å². The molecule has 0 fully saturated rings. The van der Waals surface area contributed by atoms with Gasteiger partial charge in [0.05, 0.1) is 16.6 Å². The number of primary amides is 1. The van der Waals surface area contributed by atoms with E-state index < -0.39 is 5.91 Å². The zero-order valence-electron chi connectivity index (χ0n) is 9.29. The standard InChI is InChI=1S/C13H9N3O2/c14-13(18)7-3-1-4-8-11(7)15-9-5-2-6-10(17)12(9)16-8/h1-6,17H,(H2,14,18). The molecule has 0 spiro atoms. The quantitative estimate of drug-likeness (QED) is 0.631. The first-order chi connectivity index (χ1) is 8.66. The molecule has 0 saturated heterocycles. The predicted molar refractivity (Wildman–Crippen MR) is 67.2 cm³/mol. The van der Waals surface area contributed by atoms with E-state index in [-0.39, 0.29) is 5.75 Å². The minimum Gasteiger partial charge on any atom is -0.506 e. The van der Waals surface area contributed by atoms with Gasteiger partial charge >= 0.3 is 0 Å². The molecule has 18 heavy (non-hydrogen) atoms. The fourth-order valence-electron chi connectivity index (χ4n) is 1.90. The number of nitrogens with zero attached hydrogens (tertiary/aromatic N) is 2. The van der Waals surface area contributed by atoms with Gasteiger partial charge < -0.3 is 10.8 Å². The van der Waals surface area contributed by atoms with E-state index in [4.69, 9.17) is 5.73 Å². The molecule has 3 aromatic rings. The number of fused-ring (bicyclic) bond motifs is 2. The molecule has 2 aromatic carbocycles. The van der Waals surface area contributed by atoms with E-state index in [2.05, 4.69) is 9.97 Å². The smallest absolute Gasteiger partial charge is 0.250 e. The molecule has 0 bridgehead atoms. The Balaban J connectivity index is 2.49. The number of para-hydroxylation sites is 2. The van der Waals surface area contributed by atoms with Crippen molar-refractivity contribution in [2.75, 3.05) is 0 Å². The summed E-state index contributed by atoms with van der Waals surface area (Å²) in [6.45, 7) is 0. The topological polar surface area (TPSA) is 89.1 Å². The molecule has 3 N–H and O–H groups in total. The van der Waals surface area contributed by atoms with Crippen LogP contribution in [0.2, 0.25) is 0 Å². The highest BCUT2D eigenvalue weighted by atomic mass is 16.3. The summed E-state index contributed by atoms with van der Waals surface area (Å²) in [4.78, 5) is 20.0. The summed E-state index contributed by atoms with van der Waals surface area (Å²) in [5.74, 6) is -0.485. The van der Waals surface area contributed by atoms with Crippen LogP contribution in [0.5, 0.6) is 5.75 Å². The van der Waals surface area contributed by atoms with Gasteiger partial charge in [-0.25, -0.2) is 9.97 Å². The van der Waals surface area contributed by atoms with Gasteiger partial charge in [-0.3, -0.25) is 4.79 Å². The van der Waals surface area contributed by atoms with Crippen LogP contribution in [0.15, 0.2) is 36.4 Å². The molecule has 0 saturated carbocycles. The molecule has 5 nitrogen and oxygen atoms in total. The van der Waals surface area contributed by atoms with E-state index in [0.29, 0.717) is 27.6 Å². The summed E-state index contributed by atoms with van der Waals surface area (Å²) in [5, 5.41) is 9.72. The van der Waals surface area contributed by atoms with Gasteiger partial charge in [-0.1, -0.05) is 12.1 Å². The largest absolute Gasteiger partial charge is 0.506 e. The Morgan fingerprint density at radius 2 is 1.61 bits per heavy atom. The Bertz CT molecular complexity index is 784. The first-order valence-corrected chi connectivity index (χ1v) is 5.35. The van der Waals surface area contributed by atoms with Crippen LogP contribution in [0.4, 0.5) is 0 Å². The maximum Gasteiger partial charge on any atom is 0.250 e. The number of carbonyl (C=O) groups excluding carboxylic acids is 1. The molecular formula is C13H9N3O2. The van der Waals surface area contributed by atoms with Crippen LogP contribution in [-0.2, 0) is 0 Å². The van der Waals surface area contributed by atoms with Crippen LogP contribution in [0.3, 0.4) is 0 Å². The molecule has 5 heteroatoms. The predicted octanol–water partition coefficient (Wildman–Crippen LogP) is 1.59. The normalized spacial score (nSPS) is 10.9. The van der Waals surface area contributed by atoms with E-state index in [1.807, 2.05) is 0 Å². The third-order valence-corrected chi connectivity index (χ3v) is 2.74. The number of aromatic nitrogens is 2. The highest BCUT2D eigenvalue weighted by Crippen LogP contribution is 2.24. The van der Waals surface area contributed by atoms with Crippen molar-refractivity contribution < 1.29 is 9.90 Å². The zero-order valence-corrected chi connectivity index (χ0v) is 9.29. The number of nitrogens with two attached hydrogens (primary N) is 1. The molecule has 0 unspecified atom stereocenters. The maximum atomic E-state index is 11.3. The van der Waals surface area contributed by atoms with Crippen molar-refractivity contribution in [1.29, 1.82) is 0 Å². The summed E-state index contributed by atoms with van der Waals surface area (Å²) in [7, 11) is 0. The minimum atomic E-state index is -0.547. The molecule has 1 aromatic heterocycles. The van der Waals surface area contributed by atoms with Crippen LogP contribution in [0.25, 0.3) is 22.1 Å². The number of carbonyl (C=O) groups is 1. The second-order valence-corrected chi connectivity index (χ2v) is 3.91. The number of phenolic OH excluding ortho intramolecular Hbond substituents is 1. The first-order valence-electron chi connectivity index (χ1n) is 5.35. The van der Waals surface area contributed by atoms with Gasteiger partial charge in [0.1, 0.15) is 16.8 Å². The monoisotopic (exact) mass is 239 g/mol. The lowest BCUT2D eigenvalue weighted by Gasteiger charge is -2.04. The second-order valence-electron chi connectivity index (χ2n) is 3.91. The van der Waals surface area contributed by atoms with Gasteiger partial charge in [0, 0.05) is 0 Å². The average Bonchev–Trinajstić information content (AvgIpc) is 2.36. The summed E-state index contributed by atoms with van der Waals surface area (Å²) in [6.07, 6.45) is 0. The molecule has 0 radical (unpaired) electrons. The number of rotatable bonds is 1. The van der Waals surface area contributed by atoms with E-state index in [1.54, 1.807) is 36.4 Å². The van der Waals surface area contributed by atoms with E-state index in [9.17, 15) is 9.90 Å². The number of aromatic hydroxyl groups is 1. The highest BCUT2D eigenvalue weighted by Gasteiger charge is 2.11. The third-order valence-electron chi connectivity index (χ3n) is 2.74. The van der Waals surface area contributed by atoms with Crippen molar-refractivity contribution in [2.24, 2.45) is 5.73 Å². The van der Waals surface area contributed by atoms with Crippen molar-refractivity contribution >= 4 is 28.0 Å². The molecule has 1 heterocycles. The van der Waals surface area contributed by atoms with Crippen molar-refractivity contribution in [1.82, 2.24) is 9.97 Å². The molecule has 0 atom stereocenters. The van der Waals surface area contributed by atoms with Gasteiger partial charge in [-0.2, -0.15) is 0 Å².